The minimum atomic E-state index is -0.413. The third-order valence-corrected chi connectivity index (χ3v) is 5.61. The van der Waals surface area contributed by atoms with Gasteiger partial charge in [-0.2, -0.15) is 5.26 Å². The number of nitrogens with zero attached hydrogens (tertiary/aromatic N) is 2. The predicted octanol–water partition coefficient (Wildman–Crippen LogP) is 4.38. The van der Waals surface area contributed by atoms with Crippen molar-refractivity contribution in [3.63, 3.8) is 0 Å². The number of carbonyl (C=O) groups excluding carboxylic acids is 3. The molecule has 0 aliphatic carbocycles. The number of methoxy groups -OCH3 is 1. The fourth-order valence-electron chi connectivity index (χ4n) is 3.63. The Labute approximate surface area is 210 Å². The molecule has 184 valence electrons. The summed E-state index contributed by atoms with van der Waals surface area (Å²) >= 11 is 0. The van der Waals surface area contributed by atoms with E-state index >= 15 is 0 Å². The molecule has 2 amide bonds. The summed E-state index contributed by atoms with van der Waals surface area (Å²) in [4.78, 5) is 39.4. The third-order valence-electron chi connectivity index (χ3n) is 5.61. The van der Waals surface area contributed by atoms with Gasteiger partial charge in [0.15, 0.2) is 0 Å². The highest BCUT2D eigenvalue weighted by atomic mass is 16.5. The molecule has 3 aromatic rings. The lowest BCUT2D eigenvalue weighted by molar-refractivity contribution is -0.140. The first-order valence-corrected chi connectivity index (χ1v) is 11.5. The average molecular weight is 485 g/mol. The summed E-state index contributed by atoms with van der Waals surface area (Å²) in [5.41, 5.74) is 3.68. The number of ether oxygens (including phenoxy) is 1. The number of amides is 2. The number of esters is 1. The van der Waals surface area contributed by atoms with Gasteiger partial charge in [0.1, 0.15) is 0 Å². The van der Waals surface area contributed by atoms with Crippen molar-refractivity contribution in [3.05, 3.63) is 89.5 Å². The van der Waals surface area contributed by atoms with Crippen LogP contribution in [0.5, 0.6) is 0 Å². The van der Waals surface area contributed by atoms with E-state index in [2.05, 4.69) is 16.7 Å². The maximum atomic E-state index is 13.5. The molecule has 0 aromatic heterocycles. The zero-order valence-corrected chi connectivity index (χ0v) is 20.3. The molecule has 3 rings (SSSR count). The van der Waals surface area contributed by atoms with Crippen LogP contribution in [0.25, 0.3) is 0 Å². The molecule has 0 saturated carbocycles. The number of anilines is 3. The Morgan fingerprint density at radius 3 is 2.31 bits per heavy atom. The maximum Gasteiger partial charge on any atom is 0.307 e. The average Bonchev–Trinajstić information content (AvgIpc) is 2.92. The molecular weight excluding hydrogens is 456 g/mol. The van der Waals surface area contributed by atoms with Crippen molar-refractivity contribution in [2.24, 2.45) is 0 Å². The molecule has 36 heavy (non-hydrogen) atoms. The molecule has 0 bridgehead atoms. The second-order valence-electron chi connectivity index (χ2n) is 7.99. The number of nitrogens with one attached hydrogen (secondary N) is 2. The second kappa shape index (κ2) is 12.7. The summed E-state index contributed by atoms with van der Waals surface area (Å²) in [7, 11) is 3.04. The van der Waals surface area contributed by atoms with E-state index in [4.69, 9.17) is 10.00 Å². The van der Waals surface area contributed by atoms with Gasteiger partial charge in [0, 0.05) is 31.3 Å². The van der Waals surface area contributed by atoms with E-state index in [-0.39, 0.29) is 31.2 Å². The summed E-state index contributed by atoms with van der Waals surface area (Å²) in [6.45, 7) is 0.148. The van der Waals surface area contributed by atoms with Crippen LogP contribution in [0.15, 0.2) is 72.8 Å². The first kappa shape index (κ1) is 26.0. The number of hydrogen-bond donors (Lipinski definition) is 2. The molecule has 0 unspecified atom stereocenters. The molecular formula is C28H28N4O4. The highest BCUT2D eigenvalue weighted by molar-refractivity contribution is 6.08. The molecule has 8 heteroatoms. The molecule has 3 aromatic carbocycles. The standard InChI is InChI=1S/C28H28N4O4/c1-30-24-14-13-22(28(35)32(17-16-27(34)36-2)23-6-4-3-5-7-23)18-25(24)31-26(33)15-12-20-8-10-21(19-29)11-9-20/h3-11,13-14,18,30H,12,15-17H2,1-2H3,(H,31,33). The molecule has 0 saturated heterocycles. The van der Waals surface area contributed by atoms with Crippen molar-refractivity contribution in [3.8, 4) is 6.07 Å². The van der Waals surface area contributed by atoms with Crippen LogP contribution in [0, 0.1) is 11.3 Å². The monoisotopic (exact) mass is 484 g/mol. The number of rotatable bonds is 10. The molecule has 0 aliphatic heterocycles. The van der Waals surface area contributed by atoms with Crippen LogP contribution in [0.1, 0.15) is 34.3 Å². The molecule has 2 N–H and O–H groups in total. The Bertz CT molecular complexity index is 1250. The van der Waals surface area contributed by atoms with Crippen LogP contribution in [0.3, 0.4) is 0 Å². The van der Waals surface area contributed by atoms with Gasteiger partial charge < -0.3 is 20.3 Å². The summed E-state index contributed by atoms with van der Waals surface area (Å²) < 4.78 is 4.73. The van der Waals surface area contributed by atoms with Crippen molar-refractivity contribution in [2.45, 2.75) is 19.3 Å². The predicted molar refractivity (Wildman–Crippen MR) is 139 cm³/mol. The van der Waals surface area contributed by atoms with E-state index < -0.39 is 5.97 Å². The zero-order chi connectivity index (χ0) is 25.9. The normalized spacial score (nSPS) is 10.1. The van der Waals surface area contributed by atoms with Gasteiger partial charge >= 0.3 is 5.97 Å². The third kappa shape index (κ3) is 6.93. The number of carbonyl (C=O) groups is 3. The van der Waals surface area contributed by atoms with E-state index in [1.807, 2.05) is 30.3 Å². The summed E-state index contributed by atoms with van der Waals surface area (Å²) in [5, 5.41) is 14.8. The van der Waals surface area contributed by atoms with Crippen LogP contribution >= 0.6 is 0 Å². The first-order chi connectivity index (χ1) is 17.4. The van der Waals surface area contributed by atoms with Gasteiger partial charge in [-0.05, 0) is 54.4 Å². The van der Waals surface area contributed by atoms with Gasteiger partial charge in [-0.15, -0.1) is 0 Å². The zero-order valence-electron chi connectivity index (χ0n) is 20.3. The Hall–Kier alpha value is -4.64. The van der Waals surface area contributed by atoms with Gasteiger partial charge in [0.25, 0.3) is 5.91 Å². The molecule has 0 aliphatic rings. The molecule has 0 atom stereocenters. The quantitative estimate of drug-likeness (QED) is 0.413. The SMILES string of the molecule is CNc1ccc(C(=O)N(CCC(=O)OC)c2ccccc2)cc1NC(=O)CCc1ccc(C#N)cc1. The highest BCUT2D eigenvalue weighted by Crippen LogP contribution is 2.26. The lowest BCUT2D eigenvalue weighted by atomic mass is 10.1. The van der Waals surface area contributed by atoms with Crippen molar-refractivity contribution in [2.75, 3.05) is 36.2 Å². The molecule has 0 radical (unpaired) electrons. The number of benzene rings is 3. The number of hydrogen-bond acceptors (Lipinski definition) is 6. The second-order valence-corrected chi connectivity index (χ2v) is 7.99. The number of nitriles is 1. The van der Waals surface area contributed by atoms with Crippen LogP contribution in [0.2, 0.25) is 0 Å². The lowest BCUT2D eigenvalue weighted by Gasteiger charge is -2.23. The Morgan fingerprint density at radius 2 is 1.67 bits per heavy atom. The minimum Gasteiger partial charge on any atom is -0.469 e. The molecule has 8 nitrogen and oxygen atoms in total. The minimum absolute atomic E-state index is 0.0463. The topological polar surface area (TPSA) is 112 Å². The maximum absolute atomic E-state index is 13.5. The number of para-hydroxylation sites is 1. The van der Waals surface area contributed by atoms with Crippen LogP contribution in [0.4, 0.5) is 17.1 Å². The van der Waals surface area contributed by atoms with Gasteiger partial charge in [-0.3, -0.25) is 14.4 Å². The Kier molecular flexibility index (Phi) is 9.18. The van der Waals surface area contributed by atoms with E-state index in [0.717, 1.165) is 5.56 Å². The highest BCUT2D eigenvalue weighted by Gasteiger charge is 2.20. The molecule has 0 fully saturated rings. The Balaban J connectivity index is 1.77. The fourth-order valence-corrected chi connectivity index (χ4v) is 3.63. The Morgan fingerprint density at radius 1 is 0.944 bits per heavy atom. The summed E-state index contributed by atoms with van der Waals surface area (Å²) in [6.07, 6.45) is 0.799. The lowest BCUT2D eigenvalue weighted by Crippen LogP contribution is -2.33. The van der Waals surface area contributed by atoms with Crippen molar-refractivity contribution < 1.29 is 19.1 Å². The van der Waals surface area contributed by atoms with Gasteiger partial charge in [0.05, 0.1) is 36.5 Å². The molecule has 0 spiro atoms. The van der Waals surface area contributed by atoms with Crippen molar-refractivity contribution in [1.29, 1.82) is 5.26 Å². The van der Waals surface area contributed by atoms with Crippen LogP contribution in [-0.4, -0.2) is 38.5 Å². The summed E-state index contributed by atoms with van der Waals surface area (Å²) in [6, 6.07) is 23.3. The van der Waals surface area contributed by atoms with Gasteiger partial charge in [0.2, 0.25) is 5.91 Å². The largest absolute Gasteiger partial charge is 0.469 e. The van der Waals surface area contributed by atoms with Crippen LogP contribution in [-0.2, 0) is 20.7 Å². The van der Waals surface area contributed by atoms with E-state index in [1.165, 1.54) is 12.0 Å². The van der Waals surface area contributed by atoms with E-state index in [1.54, 1.807) is 49.5 Å². The summed E-state index contributed by atoms with van der Waals surface area (Å²) in [5.74, 6) is -0.920. The van der Waals surface area contributed by atoms with Gasteiger partial charge in [-0.25, -0.2) is 0 Å². The number of aryl methyl sites for hydroxylation is 1. The van der Waals surface area contributed by atoms with E-state index in [9.17, 15) is 14.4 Å². The van der Waals surface area contributed by atoms with Crippen molar-refractivity contribution >= 4 is 34.8 Å². The first-order valence-electron chi connectivity index (χ1n) is 11.5. The fraction of sp³-hybridized carbons (Fsp3) is 0.214. The smallest absolute Gasteiger partial charge is 0.307 e. The van der Waals surface area contributed by atoms with Crippen LogP contribution < -0.4 is 15.5 Å². The van der Waals surface area contributed by atoms with E-state index in [0.29, 0.717) is 34.6 Å². The van der Waals surface area contributed by atoms with Crippen molar-refractivity contribution in [1.82, 2.24) is 0 Å². The molecule has 0 heterocycles. The van der Waals surface area contributed by atoms with Gasteiger partial charge in [-0.1, -0.05) is 30.3 Å².